The average Bonchev–Trinajstić information content (AvgIpc) is 3.18. The Bertz CT molecular complexity index is 1650. The monoisotopic (exact) mass is 516 g/mol. The number of benzene rings is 3. The van der Waals surface area contributed by atoms with Gasteiger partial charge >= 0.3 is 5.97 Å². The molecule has 0 N–H and O–H groups in total. The Morgan fingerprint density at radius 1 is 1.03 bits per heavy atom. The van der Waals surface area contributed by atoms with Crippen LogP contribution in [-0.2, 0) is 9.53 Å². The standard InChI is InChI=1S/C28H21ClN2O4S/c1-17-24(27(33)34-2)25(19-11-13-20(29)14-12-19)31-26(32)23(36-28(31)30-17)16-18-7-6-10-22(15-18)35-21-8-4-3-5-9-21/h3-16,25H,1-2H3/b23-16-/t25-/m0/s1. The molecule has 0 spiro atoms. The summed E-state index contributed by atoms with van der Waals surface area (Å²) in [6, 6.07) is 23.4. The smallest absolute Gasteiger partial charge is 0.338 e. The molecule has 8 heteroatoms. The van der Waals surface area contributed by atoms with Crippen molar-refractivity contribution in [2.24, 2.45) is 4.99 Å². The number of halogens is 1. The van der Waals surface area contributed by atoms with Gasteiger partial charge < -0.3 is 9.47 Å². The van der Waals surface area contributed by atoms with Crippen molar-refractivity contribution in [2.75, 3.05) is 7.11 Å². The Kier molecular flexibility index (Phi) is 6.59. The van der Waals surface area contributed by atoms with E-state index in [1.54, 1.807) is 41.8 Å². The number of carbonyl (C=O) groups is 1. The van der Waals surface area contributed by atoms with Crippen LogP contribution in [0.2, 0.25) is 5.02 Å². The zero-order chi connectivity index (χ0) is 25.2. The SMILES string of the molecule is COC(=O)C1=C(C)N=c2s/c(=C\c3cccc(Oc4ccccc4)c3)c(=O)n2[C@H]1c1ccc(Cl)cc1. The molecular formula is C28H21ClN2O4S. The maximum atomic E-state index is 13.7. The molecule has 0 bridgehead atoms. The zero-order valence-electron chi connectivity index (χ0n) is 19.5. The van der Waals surface area contributed by atoms with Crippen LogP contribution in [0, 0.1) is 0 Å². The van der Waals surface area contributed by atoms with Gasteiger partial charge in [0.25, 0.3) is 5.56 Å². The lowest BCUT2D eigenvalue weighted by Crippen LogP contribution is -2.39. The number of esters is 1. The van der Waals surface area contributed by atoms with Crippen molar-refractivity contribution in [3.8, 4) is 11.5 Å². The number of hydrogen-bond acceptors (Lipinski definition) is 6. The number of carbonyl (C=O) groups excluding carboxylic acids is 1. The topological polar surface area (TPSA) is 69.9 Å². The average molecular weight is 517 g/mol. The highest BCUT2D eigenvalue weighted by Gasteiger charge is 2.33. The minimum atomic E-state index is -0.680. The molecule has 0 unspecified atom stereocenters. The van der Waals surface area contributed by atoms with Gasteiger partial charge in [-0.25, -0.2) is 9.79 Å². The van der Waals surface area contributed by atoms with E-state index < -0.39 is 12.0 Å². The molecule has 0 saturated heterocycles. The third-order valence-corrected chi connectivity index (χ3v) is 6.98. The first-order valence-corrected chi connectivity index (χ1v) is 12.3. The summed E-state index contributed by atoms with van der Waals surface area (Å²) in [4.78, 5) is 31.5. The van der Waals surface area contributed by atoms with Crippen molar-refractivity contribution < 1.29 is 14.3 Å². The summed E-state index contributed by atoms with van der Waals surface area (Å²) in [5.41, 5.74) is 2.12. The molecule has 0 fully saturated rings. The summed E-state index contributed by atoms with van der Waals surface area (Å²) < 4.78 is 13.0. The normalized spacial score (nSPS) is 15.3. The van der Waals surface area contributed by atoms with Crippen LogP contribution >= 0.6 is 22.9 Å². The van der Waals surface area contributed by atoms with Gasteiger partial charge in [0.2, 0.25) is 0 Å². The number of rotatable bonds is 5. The van der Waals surface area contributed by atoms with Crippen molar-refractivity contribution in [1.82, 2.24) is 4.57 Å². The van der Waals surface area contributed by atoms with Gasteiger partial charge in [-0.05, 0) is 60.5 Å². The Labute approximate surface area is 216 Å². The van der Waals surface area contributed by atoms with Crippen molar-refractivity contribution in [1.29, 1.82) is 0 Å². The third-order valence-electron chi connectivity index (χ3n) is 5.75. The summed E-state index contributed by atoms with van der Waals surface area (Å²) in [5, 5.41) is 0.559. The highest BCUT2D eigenvalue weighted by Crippen LogP contribution is 2.31. The summed E-state index contributed by atoms with van der Waals surface area (Å²) in [6.45, 7) is 1.75. The van der Waals surface area contributed by atoms with Crippen molar-refractivity contribution in [3.05, 3.63) is 126 Å². The van der Waals surface area contributed by atoms with E-state index in [0.717, 1.165) is 16.9 Å². The minimum Gasteiger partial charge on any atom is -0.466 e. The fourth-order valence-corrected chi connectivity index (χ4v) is 5.27. The second-order valence-electron chi connectivity index (χ2n) is 8.11. The van der Waals surface area contributed by atoms with Crippen LogP contribution in [-0.4, -0.2) is 17.6 Å². The van der Waals surface area contributed by atoms with Gasteiger partial charge in [0.15, 0.2) is 4.80 Å². The van der Waals surface area contributed by atoms with E-state index in [2.05, 4.69) is 4.99 Å². The number of fused-ring (bicyclic) bond motifs is 1. The molecule has 1 aromatic heterocycles. The maximum Gasteiger partial charge on any atom is 0.338 e. The first-order valence-electron chi connectivity index (χ1n) is 11.1. The Balaban J connectivity index is 1.62. The van der Waals surface area contributed by atoms with Crippen LogP contribution in [0.25, 0.3) is 6.08 Å². The van der Waals surface area contributed by atoms with E-state index in [1.165, 1.54) is 18.4 Å². The maximum absolute atomic E-state index is 13.7. The van der Waals surface area contributed by atoms with E-state index in [1.807, 2.05) is 54.6 Å². The van der Waals surface area contributed by atoms with E-state index in [0.29, 0.717) is 31.4 Å². The number of para-hydroxylation sites is 1. The van der Waals surface area contributed by atoms with E-state index in [4.69, 9.17) is 21.1 Å². The highest BCUT2D eigenvalue weighted by atomic mass is 35.5. The molecule has 6 nitrogen and oxygen atoms in total. The quantitative estimate of drug-likeness (QED) is 0.355. The number of aromatic nitrogens is 1. The largest absolute Gasteiger partial charge is 0.466 e. The molecule has 1 aliphatic heterocycles. The van der Waals surface area contributed by atoms with E-state index in [9.17, 15) is 9.59 Å². The second kappa shape index (κ2) is 9.97. The van der Waals surface area contributed by atoms with Crippen molar-refractivity contribution in [3.63, 3.8) is 0 Å². The van der Waals surface area contributed by atoms with Gasteiger partial charge in [-0.1, -0.05) is 65.4 Å². The molecule has 5 rings (SSSR count). The lowest BCUT2D eigenvalue weighted by molar-refractivity contribution is -0.136. The molecule has 0 aliphatic carbocycles. The molecule has 4 aromatic rings. The molecule has 2 heterocycles. The lowest BCUT2D eigenvalue weighted by Gasteiger charge is -2.24. The molecule has 3 aromatic carbocycles. The van der Waals surface area contributed by atoms with Crippen LogP contribution in [0.5, 0.6) is 11.5 Å². The van der Waals surface area contributed by atoms with Crippen LogP contribution in [0.1, 0.15) is 24.1 Å². The summed E-state index contributed by atoms with van der Waals surface area (Å²) >= 11 is 7.36. The number of methoxy groups -OCH3 is 1. The Morgan fingerprint density at radius 2 is 1.75 bits per heavy atom. The van der Waals surface area contributed by atoms with Gasteiger partial charge in [0.1, 0.15) is 11.5 Å². The van der Waals surface area contributed by atoms with Crippen LogP contribution in [0.3, 0.4) is 0 Å². The molecule has 1 aliphatic rings. The Morgan fingerprint density at radius 3 is 2.47 bits per heavy atom. The summed E-state index contributed by atoms with van der Waals surface area (Å²) in [6.07, 6.45) is 1.80. The number of hydrogen-bond donors (Lipinski definition) is 0. The number of allylic oxidation sites excluding steroid dienone is 1. The highest BCUT2D eigenvalue weighted by molar-refractivity contribution is 7.07. The van der Waals surface area contributed by atoms with E-state index in [-0.39, 0.29) is 5.56 Å². The predicted octanol–water partition coefficient (Wildman–Crippen LogP) is 4.85. The molecule has 0 saturated carbocycles. The second-order valence-corrected chi connectivity index (χ2v) is 9.56. The molecule has 36 heavy (non-hydrogen) atoms. The van der Waals surface area contributed by atoms with Crippen molar-refractivity contribution in [2.45, 2.75) is 13.0 Å². The fraction of sp³-hybridized carbons (Fsp3) is 0.107. The first kappa shape index (κ1) is 23.8. The predicted molar refractivity (Wildman–Crippen MR) is 140 cm³/mol. The van der Waals surface area contributed by atoms with Gasteiger partial charge in [-0.15, -0.1) is 0 Å². The van der Waals surface area contributed by atoms with Gasteiger partial charge in [-0.3, -0.25) is 9.36 Å². The van der Waals surface area contributed by atoms with Crippen LogP contribution in [0.15, 0.2) is 99.9 Å². The molecule has 180 valence electrons. The molecule has 0 radical (unpaired) electrons. The number of ether oxygens (including phenoxy) is 2. The third kappa shape index (κ3) is 4.63. The number of nitrogens with zero attached hydrogens (tertiary/aromatic N) is 2. The number of thiazole rings is 1. The van der Waals surface area contributed by atoms with Crippen LogP contribution in [0.4, 0.5) is 0 Å². The zero-order valence-corrected chi connectivity index (χ0v) is 21.0. The van der Waals surface area contributed by atoms with E-state index >= 15 is 0 Å². The molecule has 1 atom stereocenters. The minimum absolute atomic E-state index is 0.248. The first-order chi connectivity index (χ1) is 17.4. The van der Waals surface area contributed by atoms with Gasteiger partial charge in [0, 0.05) is 5.02 Å². The van der Waals surface area contributed by atoms with Crippen LogP contribution < -0.4 is 19.6 Å². The van der Waals surface area contributed by atoms with Crippen molar-refractivity contribution >= 4 is 35.0 Å². The Hall–Kier alpha value is -3.94. The fourth-order valence-electron chi connectivity index (χ4n) is 4.10. The summed E-state index contributed by atoms with van der Waals surface area (Å²) in [7, 11) is 1.32. The lowest BCUT2D eigenvalue weighted by atomic mass is 9.96. The van der Waals surface area contributed by atoms with Gasteiger partial charge in [-0.2, -0.15) is 0 Å². The summed E-state index contributed by atoms with van der Waals surface area (Å²) in [5.74, 6) is 0.852. The molecular weight excluding hydrogens is 496 g/mol. The van der Waals surface area contributed by atoms with Gasteiger partial charge in [0.05, 0.1) is 29.0 Å². The molecule has 0 amide bonds.